The fraction of sp³-hybridized carbons (Fsp3) is 0.0588. The van der Waals surface area contributed by atoms with Crippen LogP contribution in [0.25, 0.3) is 6.08 Å². The van der Waals surface area contributed by atoms with E-state index >= 15 is 0 Å². The highest BCUT2D eigenvalue weighted by Gasteiger charge is 2.13. The molecule has 0 bridgehead atoms. The third-order valence-electron chi connectivity index (χ3n) is 3.04. The van der Waals surface area contributed by atoms with Gasteiger partial charge in [0.05, 0.1) is 17.1 Å². The fourth-order valence-electron chi connectivity index (χ4n) is 1.83. The first-order valence-electron chi connectivity index (χ1n) is 6.51. The molecule has 6 heteroatoms. The van der Waals surface area contributed by atoms with Gasteiger partial charge in [0.15, 0.2) is 11.5 Å². The second-order valence-corrected chi connectivity index (χ2v) is 6.35. The Morgan fingerprint density at radius 2 is 1.83 bits per heavy atom. The van der Waals surface area contributed by atoms with Crippen LogP contribution in [-0.2, 0) is 0 Å². The minimum absolute atomic E-state index is 0.0719. The van der Waals surface area contributed by atoms with Crippen molar-refractivity contribution in [1.82, 2.24) is 0 Å². The van der Waals surface area contributed by atoms with Gasteiger partial charge in [-0.3, -0.25) is 9.59 Å². The summed E-state index contributed by atoms with van der Waals surface area (Å²) in [7, 11) is 1.57. The lowest BCUT2D eigenvalue weighted by atomic mass is 10.1. The summed E-state index contributed by atoms with van der Waals surface area (Å²) in [6.45, 7) is 0. The first kappa shape index (κ1) is 17.4. The van der Waals surface area contributed by atoms with Gasteiger partial charge in [0.2, 0.25) is 5.43 Å². The summed E-state index contributed by atoms with van der Waals surface area (Å²) in [5, 5.41) is 9.96. The second kappa shape index (κ2) is 7.57. The number of methoxy groups -OCH3 is 1. The van der Waals surface area contributed by atoms with Crippen molar-refractivity contribution in [2.75, 3.05) is 7.11 Å². The smallest absolute Gasteiger partial charge is 0.235 e. The predicted octanol–water partition coefficient (Wildman–Crippen LogP) is 4.18. The Morgan fingerprint density at radius 1 is 1.17 bits per heavy atom. The van der Waals surface area contributed by atoms with Crippen LogP contribution >= 0.6 is 31.9 Å². The number of benzene rings is 1. The van der Waals surface area contributed by atoms with Crippen molar-refractivity contribution in [3.63, 3.8) is 0 Å². The molecule has 0 amide bonds. The van der Waals surface area contributed by atoms with Crippen LogP contribution in [0.5, 0.6) is 11.5 Å². The topological polar surface area (TPSA) is 63.6 Å². The van der Waals surface area contributed by atoms with Crippen molar-refractivity contribution in [3.8, 4) is 11.5 Å². The lowest BCUT2D eigenvalue weighted by molar-refractivity contribution is 0.104. The number of ketones is 1. The Bertz CT molecular complexity index is 827. The van der Waals surface area contributed by atoms with Crippen molar-refractivity contribution in [3.05, 3.63) is 72.8 Å². The minimum Gasteiger partial charge on any atom is -0.504 e. The molecule has 0 aliphatic heterocycles. The highest BCUT2D eigenvalue weighted by atomic mass is 79.9. The first-order valence-corrected chi connectivity index (χ1v) is 8.09. The Morgan fingerprint density at radius 3 is 2.43 bits per heavy atom. The zero-order valence-corrected chi connectivity index (χ0v) is 15.2. The summed E-state index contributed by atoms with van der Waals surface area (Å²) in [6, 6.07) is 10.0. The Balaban J connectivity index is 2.36. The maximum atomic E-state index is 12.3. The van der Waals surface area contributed by atoms with Gasteiger partial charge in [0.25, 0.3) is 0 Å². The Kier molecular flexibility index (Phi) is 5.74. The van der Waals surface area contributed by atoms with Gasteiger partial charge in [0.1, 0.15) is 5.75 Å². The molecule has 118 valence electrons. The lowest BCUT2D eigenvalue weighted by Crippen LogP contribution is -2.03. The molecule has 0 spiro atoms. The highest BCUT2D eigenvalue weighted by molar-refractivity contribution is 9.11. The van der Waals surface area contributed by atoms with Crippen LogP contribution in [0, 0.1) is 0 Å². The minimum atomic E-state index is -0.642. The summed E-state index contributed by atoms with van der Waals surface area (Å²) < 4.78 is 5.73. The maximum Gasteiger partial charge on any atom is 0.235 e. The SMILES string of the molecule is COc1ccc(/C=C/C(=O)c2cc(Br)cc(Br)c(=O)c2O)cc1. The van der Waals surface area contributed by atoms with E-state index in [-0.39, 0.29) is 10.0 Å². The molecule has 0 aliphatic rings. The van der Waals surface area contributed by atoms with Gasteiger partial charge in [-0.2, -0.15) is 0 Å². The molecule has 0 aromatic heterocycles. The van der Waals surface area contributed by atoms with E-state index in [2.05, 4.69) is 31.9 Å². The van der Waals surface area contributed by atoms with Crippen LogP contribution in [0.4, 0.5) is 0 Å². The quantitative estimate of drug-likeness (QED) is 0.573. The second-order valence-electron chi connectivity index (χ2n) is 4.58. The van der Waals surface area contributed by atoms with E-state index in [1.807, 2.05) is 0 Å². The molecular formula is C17H12Br2O4. The zero-order valence-electron chi connectivity index (χ0n) is 12.0. The summed E-state index contributed by atoms with van der Waals surface area (Å²) >= 11 is 6.28. The van der Waals surface area contributed by atoms with E-state index in [9.17, 15) is 14.7 Å². The van der Waals surface area contributed by atoms with Crippen molar-refractivity contribution in [1.29, 1.82) is 0 Å². The average Bonchev–Trinajstić information content (AvgIpc) is 2.65. The molecule has 4 nitrogen and oxygen atoms in total. The van der Waals surface area contributed by atoms with Gasteiger partial charge < -0.3 is 9.84 Å². The molecule has 2 aromatic carbocycles. The molecule has 0 radical (unpaired) electrons. The molecule has 0 fully saturated rings. The number of carbonyl (C=O) groups excluding carboxylic acids is 1. The van der Waals surface area contributed by atoms with Crippen LogP contribution < -0.4 is 10.2 Å². The maximum absolute atomic E-state index is 12.3. The number of halogens is 2. The van der Waals surface area contributed by atoms with E-state index < -0.39 is 17.0 Å². The van der Waals surface area contributed by atoms with Crippen LogP contribution in [0.15, 0.2) is 56.2 Å². The first-order chi connectivity index (χ1) is 10.9. The van der Waals surface area contributed by atoms with Crippen LogP contribution in [0.2, 0.25) is 0 Å². The van der Waals surface area contributed by atoms with Crippen LogP contribution in [0.3, 0.4) is 0 Å². The predicted molar refractivity (Wildman–Crippen MR) is 96.1 cm³/mol. The molecule has 0 atom stereocenters. The Labute approximate surface area is 149 Å². The van der Waals surface area contributed by atoms with Crippen LogP contribution in [0.1, 0.15) is 15.9 Å². The van der Waals surface area contributed by atoms with E-state index in [4.69, 9.17) is 4.74 Å². The van der Waals surface area contributed by atoms with Crippen molar-refractivity contribution >= 4 is 43.7 Å². The van der Waals surface area contributed by atoms with E-state index in [0.29, 0.717) is 10.2 Å². The largest absolute Gasteiger partial charge is 0.504 e. The zero-order chi connectivity index (χ0) is 17.0. The molecule has 0 saturated heterocycles. The molecular weight excluding hydrogens is 428 g/mol. The monoisotopic (exact) mass is 438 g/mol. The van der Waals surface area contributed by atoms with Crippen LogP contribution in [-0.4, -0.2) is 18.0 Å². The van der Waals surface area contributed by atoms with E-state index in [1.165, 1.54) is 18.2 Å². The third kappa shape index (κ3) is 4.30. The molecule has 0 unspecified atom stereocenters. The number of allylic oxidation sites excluding steroid dienone is 1. The molecule has 1 N–H and O–H groups in total. The highest BCUT2D eigenvalue weighted by Crippen LogP contribution is 2.22. The van der Waals surface area contributed by atoms with Crippen molar-refractivity contribution < 1.29 is 14.6 Å². The third-order valence-corrected chi connectivity index (χ3v) is 4.09. The average molecular weight is 440 g/mol. The number of hydrogen-bond donors (Lipinski definition) is 1. The summed E-state index contributed by atoms with van der Waals surface area (Å²) in [6.07, 6.45) is 2.90. The van der Waals surface area contributed by atoms with Crippen molar-refractivity contribution in [2.45, 2.75) is 0 Å². The number of ether oxygens (including phenoxy) is 1. The summed E-state index contributed by atoms with van der Waals surface area (Å²) in [5.74, 6) is -0.350. The molecule has 2 rings (SSSR count). The fourth-order valence-corrected chi connectivity index (χ4v) is 3.03. The van der Waals surface area contributed by atoms with Gasteiger partial charge >= 0.3 is 0 Å². The summed E-state index contributed by atoms with van der Waals surface area (Å²) in [5.41, 5.74) is 0.0794. The van der Waals surface area contributed by atoms with E-state index in [0.717, 1.165) is 5.56 Å². The molecule has 23 heavy (non-hydrogen) atoms. The van der Waals surface area contributed by atoms with Gasteiger partial charge in [-0.05, 0) is 51.8 Å². The molecule has 0 saturated carbocycles. The Hall–Kier alpha value is -1.92. The number of carbonyl (C=O) groups is 1. The standard InChI is InChI=1S/C17H12Br2O4/c1-23-12-5-2-10(3-6-12)4-7-15(20)13-8-11(18)9-14(19)17(22)16(13)21/h2-9H,1H3,(H,21,22)/b7-4+. The van der Waals surface area contributed by atoms with Gasteiger partial charge in [-0.25, -0.2) is 0 Å². The van der Waals surface area contributed by atoms with Gasteiger partial charge in [-0.1, -0.05) is 34.1 Å². The van der Waals surface area contributed by atoms with E-state index in [1.54, 1.807) is 37.5 Å². The van der Waals surface area contributed by atoms with Gasteiger partial charge in [-0.15, -0.1) is 0 Å². The molecule has 0 heterocycles. The molecule has 0 aliphatic carbocycles. The number of hydrogen-bond acceptors (Lipinski definition) is 4. The molecule has 2 aromatic rings. The number of rotatable bonds is 4. The lowest BCUT2D eigenvalue weighted by Gasteiger charge is -1.99. The summed E-state index contributed by atoms with van der Waals surface area (Å²) in [4.78, 5) is 24.2. The normalized spacial score (nSPS) is 10.7. The number of aromatic hydroxyl groups is 1. The van der Waals surface area contributed by atoms with Gasteiger partial charge in [0, 0.05) is 4.47 Å². The van der Waals surface area contributed by atoms with Crippen molar-refractivity contribution in [2.24, 2.45) is 0 Å².